The zero-order valence-corrected chi connectivity index (χ0v) is 21.5. The van der Waals surface area contributed by atoms with Gasteiger partial charge in [-0.1, -0.05) is 18.2 Å². The van der Waals surface area contributed by atoms with Gasteiger partial charge in [0.2, 0.25) is 0 Å². The fourth-order valence-corrected chi connectivity index (χ4v) is 4.27. The van der Waals surface area contributed by atoms with Gasteiger partial charge in [0.15, 0.2) is 0 Å². The van der Waals surface area contributed by atoms with Gasteiger partial charge in [0.05, 0.1) is 18.2 Å². The molecule has 1 saturated heterocycles. The van der Waals surface area contributed by atoms with E-state index in [0.29, 0.717) is 49.6 Å². The van der Waals surface area contributed by atoms with Crippen molar-refractivity contribution in [3.05, 3.63) is 59.6 Å². The third kappa shape index (κ3) is 6.63. The molecule has 2 aliphatic heterocycles. The molecule has 0 spiro atoms. The standard InChI is InChI=1S/C26H36FN5O4/c1-6-12-32-20(17-30-13-15-31(16-14-30)25(35)29-26(3,4)5)21(23(33)36-7-2)22(28-24(32)34)18-8-10-19(27)11-9-18/h6,8-11,22H,1,7,12-17H2,2-5H3,(H,28,34)(H,29,35). The van der Waals surface area contributed by atoms with Gasteiger partial charge in [-0.25, -0.2) is 18.8 Å². The summed E-state index contributed by atoms with van der Waals surface area (Å²) in [4.78, 5) is 44.2. The third-order valence-corrected chi connectivity index (χ3v) is 5.96. The van der Waals surface area contributed by atoms with Crippen LogP contribution in [0.2, 0.25) is 0 Å². The van der Waals surface area contributed by atoms with Crippen molar-refractivity contribution < 1.29 is 23.5 Å². The number of piperazine rings is 1. The van der Waals surface area contributed by atoms with Crippen LogP contribution < -0.4 is 10.6 Å². The monoisotopic (exact) mass is 501 g/mol. The second kappa shape index (κ2) is 11.6. The Labute approximate surface area is 211 Å². The Hall–Kier alpha value is -3.40. The smallest absolute Gasteiger partial charge is 0.338 e. The lowest BCUT2D eigenvalue weighted by Crippen LogP contribution is -2.56. The lowest BCUT2D eigenvalue weighted by Gasteiger charge is -2.40. The number of amides is 4. The van der Waals surface area contributed by atoms with Crippen LogP contribution in [0.15, 0.2) is 48.2 Å². The third-order valence-electron chi connectivity index (χ3n) is 5.96. The summed E-state index contributed by atoms with van der Waals surface area (Å²) in [7, 11) is 0. The van der Waals surface area contributed by atoms with Crippen molar-refractivity contribution in [1.29, 1.82) is 0 Å². The minimum atomic E-state index is -0.785. The molecule has 1 aromatic carbocycles. The summed E-state index contributed by atoms with van der Waals surface area (Å²) in [6.45, 7) is 14.1. The van der Waals surface area contributed by atoms with Gasteiger partial charge in [-0.3, -0.25) is 9.80 Å². The van der Waals surface area contributed by atoms with Gasteiger partial charge in [-0.2, -0.15) is 0 Å². The number of benzene rings is 1. The topological polar surface area (TPSA) is 94.2 Å². The Morgan fingerprint density at radius 3 is 2.39 bits per heavy atom. The van der Waals surface area contributed by atoms with Gasteiger partial charge in [0, 0.05) is 50.5 Å². The predicted octanol–water partition coefficient (Wildman–Crippen LogP) is 3.02. The van der Waals surface area contributed by atoms with Crippen molar-refractivity contribution in [3.63, 3.8) is 0 Å². The van der Waals surface area contributed by atoms with E-state index < -0.39 is 17.8 Å². The average molecular weight is 502 g/mol. The van der Waals surface area contributed by atoms with Crippen LogP contribution in [0.4, 0.5) is 14.0 Å². The summed E-state index contributed by atoms with van der Waals surface area (Å²) in [5.74, 6) is -0.955. The van der Waals surface area contributed by atoms with Gasteiger partial charge >= 0.3 is 18.0 Å². The molecule has 1 fully saturated rings. The highest BCUT2D eigenvalue weighted by atomic mass is 19.1. The lowest BCUT2D eigenvalue weighted by molar-refractivity contribution is -0.139. The summed E-state index contributed by atoms with van der Waals surface area (Å²) in [5, 5.41) is 5.84. The molecule has 0 bridgehead atoms. The number of nitrogens with one attached hydrogen (secondary N) is 2. The van der Waals surface area contributed by atoms with Crippen molar-refractivity contribution in [2.45, 2.75) is 39.3 Å². The number of carbonyl (C=O) groups excluding carboxylic acids is 3. The molecule has 10 heteroatoms. The molecule has 0 aliphatic carbocycles. The summed E-state index contributed by atoms with van der Waals surface area (Å²) in [6, 6.07) is 4.40. The summed E-state index contributed by atoms with van der Waals surface area (Å²) < 4.78 is 19.0. The van der Waals surface area contributed by atoms with Gasteiger partial charge < -0.3 is 20.3 Å². The Balaban J connectivity index is 1.91. The highest BCUT2D eigenvalue weighted by Crippen LogP contribution is 2.32. The SMILES string of the molecule is C=CCN1C(=O)NC(c2ccc(F)cc2)C(C(=O)OCC)=C1CN1CCN(C(=O)NC(C)(C)C)CC1. The number of urea groups is 2. The first-order chi connectivity index (χ1) is 17.0. The lowest BCUT2D eigenvalue weighted by atomic mass is 9.94. The average Bonchev–Trinajstić information content (AvgIpc) is 2.81. The number of rotatable bonds is 7. The Morgan fingerprint density at radius 2 is 1.83 bits per heavy atom. The summed E-state index contributed by atoms with van der Waals surface area (Å²) >= 11 is 0. The molecule has 0 aromatic heterocycles. The number of halogens is 1. The second-order valence-corrected chi connectivity index (χ2v) is 9.86. The van der Waals surface area contributed by atoms with E-state index in [-0.39, 0.29) is 30.8 Å². The normalized spacial score (nSPS) is 19.1. The van der Waals surface area contributed by atoms with Crippen LogP contribution in [0.1, 0.15) is 39.3 Å². The molecule has 2 heterocycles. The van der Waals surface area contributed by atoms with Gasteiger partial charge in [-0.05, 0) is 45.4 Å². The van der Waals surface area contributed by atoms with E-state index in [1.54, 1.807) is 30.0 Å². The van der Waals surface area contributed by atoms with Crippen molar-refractivity contribution in [1.82, 2.24) is 25.3 Å². The molecule has 1 atom stereocenters. The molecule has 2 aliphatic rings. The van der Waals surface area contributed by atoms with Crippen LogP contribution in [0.25, 0.3) is 0 Å². The van der Waals surface area contributed by atoms with Gasteiger partial charge in [-0.15, -0.1) is 6.58 Å². The maximum atomic E-state index is 13.6. The number of hydrogen-bond donors (Lipinski definition) is 2. The Bertz CT molecular complexity index is 1010. The molecule has 0 radical (unpaired) electrons. The Morgan fingerprint density at radius 1 is 1.19 bits per heavy atom. The quantitative estimate of drug-likeness (QED) is 0.443. The molecular formula is C26H36FN5O4. The summed E-state index contributed by atoms with van der Waals surface area (Å²) in [6.07, 6.45) is 1.59. The molecule has 36 heavy (non-hydrogen) atoms. The van der Waals surface area contributed by atoms with E-state index in [9.17, 15) is 18.8 Å². The van der Waals surface area contributed by atoms with E-state index in [4.69, 9.17) is 4.74 Å². The van der Waals surface area contributed by atoms with Crippen LogP contribution in [0, 0.1) is 5.82 Å². The minimum absolute atomic E-state index is 0.115. The summed E-state index contributed by atoms with van der Waals surface area (Å²) in [5.41, 5.74) is 1.06. The molecule has 0 saturated carbocycles. The first-order valence-corrected chi connectivity index (χ1v) is 12.2. The van der Waals surface area contributed by atoms with Crippen LogP contribution >= 0.6 is 0 Å². The van der Waals surface area contributed by atoms with Crippen molar-refractivity contribution in [2.24, 2.45) is 0 Å². The molecule has 9 nitrogen and oxygen atoms in total. The van der Waals surface area contributed by atoms with Crippen LogP contribution in [0.5, 0.6) is 0 Å². The number of carbonyl (C=O) groups is 3. The zero-order valence-electron chi connectivity index (χ0n) is 21.5. The fraction of sp³-hybridized carbons (Fsp3) is 0.500. The Kier molecular flexibility index (Phi) is 8.73. The van der Waals surface area contributed by atoms with Gasteiger partial charge in [0.1, 0.15) is 5.82 Å². The van der Waals surface area contributed by atoms with Gasteiger partial charge in [0.25, 0.3) is 0 Å². The first kappa shape index (κ1) is 27.2. The van der Waals surface area contributed by atoms with Crippen molar-refractivity contribution in [3.8, 4) is 0 Å². The minimum Gasteiger partial charge on any atom is -0.463 e. The van der Waals surface area contributed by atoms with Crippen molar-refractivity contribution in [2.75, 3.05) is 45.9 Å². The van der Waals surface area contributed by atoms with Crippen LogP contribution in [0.3, 0.4) is 0 Å². The van der Waals surface area contributed by atoms with E-state index in [0.717, 1.165) is 0 Å². The fourth-order valence-electron chi connectivity index (χ4n) is 4.27. The maximum Gasteiger partial charge on any atom is 0.338 e. The molecule has 2 N–H and O–H groups in total. The highest BCUT2D eigenvalue weighted by Gasteiger charge is 2.39. The molecule has 1 aromatic rings. The maximum absolute atomic E-state index is 13.6. The van der Waals surface area contributed by atoms with E-state index >= 15 is 0 Å². The number of hydrogen-bond acceptors (Lipinski definition) is 5. The molecular weight excluding hydrogens is 465 g/mol. The van der Waals surface area contributed by atoms with Crippen molar-refractivity contribution >= 4 is 18.0 Å². The highest BCUT2D eigenvalue weighted by molar-refractivity contribution is 5.95. The van der Waals surface area contributed by atoms with E-state index in [1.807, 2.05) is 20.8 Å². The molecule has 1 unspecified atom stereocenters. The van der Waals surface area contributed by atoms with E-state index in [2.05, 4.69) is 22.1 Å². The first-order valence-electron chi connectivity index (χ1n) is 12.2. The van der Waals surface area contributed by atoms with Crippen LogP contribution in [-0.4, -0.2) is 84.1 Å². The second-order valence-electron chi connectivity index (χ2n) is 9.86. The van der Waals surface area contributed by atoms with E-state index in [1.165, 1.54) is 17.0 Å². The number of esters is 1. The molecule has 4 amide bonds. The zero-order chi connectivity index (χ0) is 26.5. The number of ether oxygens (including phenoxy) is 1. The van der Waals surface area contributed by atoms with Crippen LogP contribution in [-0.2, 0) is 9.53 Å². The molecule has 3 rings (SSSR count). The predicted molar refractivity (Wildman–Crippen MR) is 135 cm³/mol. The largest absolute Gasteiger partial charge is 0.463 e. The molecule has 196 valence electrons. The number of nitrogens with zero attached hydrogens (tertiary/aromatic N) is 3.